The summed E-state index contributed by atoms with van der Waals surface area (Å²) in [7, 11) is -1.17. The molecule has 106 valence electrons. The minimum atomic E-state index is -3.07. The Morgan fingerprint density at radius 1 is 1.42 bits per heavy atom. The third-order valence-corrected chi connectivity index (χ3v) is 5.89. The van der Waals surface area contributed by atoms with Crippen molar-refractivity contribution in [3.05, 3.63) is 29.8 Å². The van der Waals surface area contributed by atoms with E-state index in [1.807, 2.05) is 36.2 Å². The monoisotopic (exact) mass is 300 g/mol. The molecule has 0 radical (unpaired) electrons. The number of benzene rings is 1. The van der Waals surface area contributed by atoms with Crippen LogP contribution < -0.4 is 10.2 Å². The van der Waals surface area contributed by atoms with Crippen molar-refractivity contribution in [3.8, 4) is 0 Å². The molecule has 2 rings (SSSR count). The summed E-state index contributed by atoms with van der Waals surface area (Å²) in [6, 6.07) is 8.02. The van der Waals surface area contributed by atoms with Crippen molar-refractivity contribution in [2.75, 3.05) is 36.3 Å². The first-order valence-corrected chi connectivity index (χ1v) is 9.40. The Morgan fingerprint density at radius 3 is 2.84 bits per heavy atom. The van der Waals surface area contributed by atoms with Crippen LogP contribution in [0.3, 0.4) is 0 Å². The van der Waals surface area contributed by atoms with Crippen molar-refractivity contribution in [3.63, 3.8) is 0 Å². The number of anilines is 1. The largest absolute Gasteiger partial charge is 0.353 e. The molecule has 1 aliphatic heterocycles. The highest BCUT2D eigenvalue weighted by atomic mass is 32.2. The molecule has 0 aliphatic carbocycles. The lowest BCUT2D eigenvalue weighted by molar-refractivity contribution is 0.584. The van der Waals surface area contributed by atoms with E-state index in [4.69, 9.17) is 0 Å². The van der Waals surface area contributed by atoms with Gasteiger partial charge in [-0.05, 0) is 18.7 Å². The summed E-state index contributed by atoms with van der Waals surface area (Å²) in [6.45, 7) is 1.53. The third-order valence-electron chi connectivity index (χ3n) is 3.25. The van der Waals surface area contributed by atoms with E-state index in [1.54, 1.807) is 11.8 Å². The van der Waals surface area contributed by atoms with Crippen LogP contribution in [0.4, 0.5) is 5.69 Å². The molecule has 6 heteroatoms. The van der Waals surface area contributed by atoms with E-state index in [1.165, 1.54) is 6.26 Å². The van der Waals surface area contributed by atoms with Crippen LogP contribution in [0.2, 0.25) is 0 Å². The van der Waals surface area contributed by atoms with Gasteiger partial charge in [0.25, 0.3) is 0 Å². The van der Waals surface area contributed by atoms with Crippen molar-refractivity contribution in [1.29, 1.82) is 0 Å². The van der Waals surface area contributed by atoms with E-state index in [9.17, 15) is 8.42 Å². The molecule has 1 aromatic carbocycles. The molecule has 1 aliphatic rings. The topological polar surface area (TPSA) is 49.4 Å². The van der Waals surface area contributed by atoms with Gasteiger partial charge in [-0.1, -0.05) is 18.2 Å². The van der Waals surface area contributed by atoms with Crippen LogP contribution in [0.15, 0.2) is 24.3 Å². The van der Waals surface area contributed by atoms with Crippen LogP contribution in [-0.4, -0.2) is 45.1 Å². The van der Waals surface area contributed by atoms with Gasteiger partial charge in [-0.3, -0.25) is 0 Å². The number of para-hydroxylation sites is 1. The van der Waals surface area contributed by atoms with Crippen molar-refractivity contribution in [2.45, 2.75) is 11.9 Å². The molecular weight excluding hydrogens is 280 g/mol. The van der Waals surface area contributed by atoms with Gasteiger partial charge in [0.05, 0.1) is 0 Å². The first-order chi connectivity index (χ1) is 9.04. The van der Waals surface area contributed by atoms with Crippen LogP contribution in [0.5, 0.6) is 0 Å². The lowest BCUT2D eigenvalue weighted by atomic mass is 10.1. The fourth-order valence-corrected chi connectivity index (χ4v) is 5.18. The zero-order valence-electron chi connectivity index (χ0n) is 11.3. The Hall–Kier alpha value is -0.720. The molecule has 0 bridgehead atoms. The number of sulfone groups is 1. The Morgan fingerprint density at radius 2 is 2.16 bits per heavy atom. The quantitative estimate of drug-likeness (QED) is 0.909. The normalized spacial score (nSPS) is 20.5. The lowest BCUT2D eigenvalue weighted by Crippen LogP contribution is -2.47. The Bertz CT molecular complexity index is 531. The summed E-state index contributed by atoms with van der Waals surface area (Å²) in [5.74, 6) is 1.62. The van der Waals surface area contributed by atoms with Crippen molar-refractivity contribution in [2.24, 2.45) is 0 Å². The second-order valence-corrected chi connectivity index (χ2v) is 8.06. The standard InChI is InChI=1S/C13H20N2O2S2/c1-14-9-11-5-3-4-6-12(11)15-7-8-18-10-13(15)19(2,16)17/h3-6,13-14H,7-10H2,1-2H3. The van der Waals surface area contributed by atoms with E-state index in [0.717, 1.165) is 30.1 Å². The van der Waals surface area contributed by atoms with Gasteiger partial charge in [-0.15, -0.1) is 0 Å². The van der Waals surface area contributed by atoms with Crippen LogP contribution in [0, 0.1) is 0 Å². The fraction of sp³-hybridized carbons (Fsp3) is 0.538. The van der Waals surface area contributed by atoms with Crippen LogP contribution in [0.1, 0.15) is 5.56 Å². The first kappa shape index (κ1) is 14.7. The molecule has 1 atom stereocenters. The highest BCUT2D eigenvalue weighted by molar-refractivity contribution is 8.01. The van der Waals surface area contributed by atoms with Gasteiger partial charge in [-0.25, -0.2) is 8.42 Å². The predicted molar refractivity (Wildman–Crippen MR) is 82.5 cm³/mol. The van der Waals surface area contributed by atoms with Crippen molar-refractivity contribution < 1.29 is 8.42 Å². The first-order valence-electron chi connectivity index (χ1n) is 6.30. The van der Waals surface area contributed by atoms with Gasteiger partial charge in [0, 0.05) is 36.5 Å². The summed E-state index contributed by atoms with van der Waals surface area (Å²) < 4.78 is 23.9. The molecule has 0 aromatic heterocycles. The second-order valence-electron chi connectivity index (χ2n) is 4.71. The third kappa shape index (κ3) is 3.43. The molecule has 1 saturated heterocycles. The SMILES string of the molecule is CNCc1ccccc1N1CCSCC1S(C)(=O)=O. The van der Waals surface area contributed by atoms with Gasteiger partial charge in [-0.2, -0.15) is 11.8 Å². The lowest BCUT2D eigenvalue weighted by Gasteiger charge is -2.37. The number of nitrogens with one attached hydrogen (secondary N) is 1. The summed E-state index contributed by atoms with van der Waals surface area (Å²) in [6.07, 6.45) is 1.33. The molecule has 1 aromatic rings. The highest BCUT2D eigenvalue weighted by Crippen LogP contribution is 2.29. The Labute approximate surface area is 119 Å². The predicted octanol–water partition coefficient (Wildman–Crippen LogP) is 1.33. The van der Waals surface area contributed by atoms with Gasteiger partial charge >= 0.3 is 0 Å². The molecule has 0 spiro atoms. The Kier molecular flexibility index (Phi) is 4.76. The average molecular weight is 300 g/mol. The molecule has 1 fully saturated rings. The molecule has 0 amide bonds. The van der Waals surface area contributed by atoms with Gasteiger partial charge < -0.3 is 10.2 Å². The van der Waals surface area contributed by atoms with E-state index in [2.05, 4.69) is 5.32 Å². The maximum atomic E-state index is 12.0. The number of nitrogens with zero attached hydrogens (tertiary/aromatic N) is 1. The number of rotatable bonds is 4. The fourth-order valence-electron chi connectivity index (χ4n) is 2.34. The zero-order valence-corrected chi connectivity index (χ0v) is 12.9. The van der Waals surface area contributed by atoms with Crippen molar-refractivity contribution in [1.82, 2.24) is 5.32 Å². The number of hydrogen-bond donors (Lipinski definition) is 1. The summed E-state index contributed by atoms with van der Waals surface area (Å²) in [5, 5.41) is 2.72. The van der Waals surface area contributed by atoms with Gasteiger partial charge in [0.1, 0.15) is 5.37 Å². The molecule has 0 saturated carbocycles. The highest BCUT2D eigenvalue weighted by Gasteiger charge is 2.31. The van der Waals surface area contributed by atoms with E-state index in [0.29, 0.717) is 5.75 Å². The molecule has 19 heavy (non-hydrogen) atoms. The summed E-state index contributed by atoms with van der Waals surface area (Å²) in [5.41, 5.74) is 2.18. The van der Waals surface area contributed by atoms with Gasteiger partial charge in [0.15, 0.2) is 9.84 Å². The van der Waals surface area contributed by atoms with E-state index >= 15 is 0 Å². The zero-order chi connectivity index (χ0) is 13.9. The number of hydrogen-bond acceptors (Lipinski definition) is 5. The molecule has 1 unspecified atom stereocenters. The summed E-state index contributed by atoms with van der Waals surface area (Å²) in [4.78, 5) is 2.04. The molecule has 4 nitrogen and oxygen atoms in total. The average Bonchev–Trinajstić information content (AvgIpc) is 2.39. The maximum Gasteiger partial charge on any atom is 0.169 e. The second kappa shape index (κ2) is 6.15. The van der Waals surface area contributed by atoms with Crippen LogP contribution in [0.25, 0.3) is 0 Å². The van der Waals surface area contributed by atoms with E-state index < -0.39 is 15.2 Å². The summed E-state index contributed by atoms with van der Waals surface area (Å²) >= 11 is 1.71. The van der Waals surface area contributed by atoms with E-state index in [-0.39, 0.29) is 0 Å². The van der Waals surface area contributed by atoms with Gasteiger partial charge in [0.2, 0.25) is 0 Å². The Balaban J connectivity index is 2.37. The maximum absolute atomic E-state index is 12.0. The smallest absolute Gasteiger partial charge is 0.169 e. The van der Waals surface area contributed by atoms with Crippen LogP contribution >= 0.6 is 11.8 Å². The minimum absolute atomic E-state index is 0.413. The molecular formula is C13H20N2O2S2. The molecule has 1 N–H and O–H groups in total. The molecule has 1 heterocycles. The number of thioether (sulfide) groups is 1. The van der Waals surface area contributed by atoms with Crippen molar-refractivity contribution >= 4 is 27.3 Å². The minimum Gasteiger partial charge on any atom is -0.353 e. The van der Waals surface area contributed by atoms with Crippen LogP contribution in [-0.2, 0) is 16.4 Å².